The van der Waals surface area contributed by atoms with Crippen LogP contribution in [-0.2, 0) is 17.9 Å². The molecule has 34 heavy (non-hydrogen) atoms. The molecule has 0 spiro atoms. The molecule has 2 aromatic rings. The highest BCUT2D eigenvalue weighted by molar-refractivity contribution is 6.77. The van der Waals surface area contributed by atoms with Crippen LogP contribution >= 0.6 is 0 Å². The first-order chi connectivity index (χ1) is 16.1. The summed E-state index contributed by atoms with van der Waals surface area (Å²) in [4.78, 5) is 2.68. The van der Waals surface area contributed by atoms with Gasteiger partial charge in [0.05, 0.1) is 11.6 Å². The van der Waals surface area contributed by atoms with Crippen molar-refractivity contribution in [3.63, 3.8) is 0 Å². The number of rotatable bonds is 7. The van der Waals surface area contributed by atoms with Gasteiger partial charge in [-0.25, -0.2) is 0 Å². The van der Waals surface area contributed by atoms with Crippen molar-refractivity contribution < 1.29 is 9.53 Å². The van der Waals surface area contributed by atoms with Gasteiger partial charge in [-0.15, -0.1) is 0 Å². The second-order valence-corrected chi connectivity index (χ2v) is 18.0. The van der Waals surface area contributed by atoms with Gasteiger partial charge in [0.25, 0.3) is 0 Å². The van der Waals surface area contributed by atoms with Crippen LogP contribution in [0.5, 0.6) is 0 Å². The van der Waals surface area contributed by atoms with E-state index in [1.165, 1.54) is 16.6 Å². The van der Waals surface area contributed by atoms with E-state index >= 15 is 0 Å². The van der Waals surface area contributed by atoms with Crippen LogP contribution in [0.15, 0.2) is 24.3 Å². The van der Waals surface area contributed by atoms with Gasteiger partial charge < -0.3 is 14.1 Å². The molecule has 4 aliphatic rings. The summed E-state index contributed by atoms with van der Waals surface area (Å²) in [5.41, 5.74) is 5.56. The third-order valence-corrected chi connectivity index (χ3v) is 16.4. The number of aliphatic hydroxyl groups is 1. The molecule has 5 heterocycles. The average molecular weight is 483 g/mol. The van der Waals surface area contributed by atoms with Gasteiger partial charge in [-0.2, -0.15) is 0 Å². The van der Waals surface area contributed by atoms with E-state index in [-0.39, 0.29) is 0 Å². The molecular formula is C29H46N2O2Si. The zero-order valence-electron chi connectivity index (χ0n) is 22.6. The van der Waals surface area contributed by atoms with Crippen molar-refractivity contribution in [3.05, 3.63) is 35.5 Å². The minimum Gasteiger partial charge on any atom is -0.416 e. The Morgan fingerprint density at radius 1 is 1.09 bits per heavy atom. The number of fused-ring (bicyclic) bond motifs is 4. The zero-order valence-corrected chi connectivity index (χ0v) is 23.6. The summed E-state index contributed by atoms with van der Waals surface area (Å²) in [6.07, 6.45) is 2.95. The Balaban J connectivity index is 1.54. The Labute approximate surface area is 207 Å². The Kier molecular flexibility index (Phi) is 6.11. The van der Waals surface area contributed by atoms with Crippen molar-refractivity contribution in [3.8, 4) is 0 Å². The standard InChI is InChI=1S/C29H46N2O2Si/c1-9-29(32)17-31-26-14-22-21-12-10-11-13-25(21)30(8)28(22)27(31)15-24(29)23(26)16-33-34(18(2)3,19(4)5)20(6)7/h10-13,18-20,23-24,26-27,32H,9,14-17H2,1-8H3/t23-,24-,26+,27+,29+/m1/s1. The number of benzene rings is 1. The molecule has 4 nitrogen and oxygen atoms in total. The van der Waals surface area contributed by atoms with Crippen LogP contribution in [0.25, 0.3) is 10.9 Å². The summed E-state index contributed by atoms with van der Waals surface area (Å²) in [5.74, 6) is 0.701. The molecule has 3 saturated heterocycles. The maximum Gasteiger partial charge on any atom is 0.200 e. The maximum atomic E-state index is 11.8. The lowest BCUT2D eigenvalue weighted by molar-refractivity contribution is -0.199. The molecule has 1 aromatic carbocycles. The van der Waals surface area contributed by atoms with E-state index in [9.17, 15) is 5.11 Å². The lowest BCUT2D eigenvalue weighted by Crippen LogP contribution is -2.70. The first kappa shape index (κ1) is 24.5. The van der Waals surface area contributed by atoms with Gasteiger partial charge >= 0.3 is 0 Å². The van der Waals surface area contributed by atoms with Gasteiger partial charge in [0.1, 0.15) is 0 Å². The molecule has 3 fully saturated rings. The Hall–Kier alpha value is -1.14. The van der Waals surface area contributed by atoms with Crippen molar-refractivity contribution >= 4 is 19.2 Å². The summed E-state index contributed by atoms with van der Waals surface area (Å²) >= 11 is 0. The molecule has 6 rings (SSSR count). The molecule has 1 N–H and O–H groups in total. The first-order valence-corrected chi connectivity index (χ1v) is 15.9. The molecule has 4 aliphatic heterocycles. The van der Waals surface area contributed by atoms with Crippen LogP contribution in [0.2, 0.25) is 16.6 Å². The van der Waals surface area contributed by atoms with Crippen LogP contribution in [-0.4, -0.2) is 47.7 Å². The highest BCUT2D eigenvalue weighted by Crippen LogP contribution is 2.57. The summed E-state index contributed by atoms with van der Waals surface area (Å²) in [5, 5.41) is 13.2. The van der Waals surface area contributed by atoms with Crippen molar-refractivity contribution in [2.45, 2.75) is 102 Å². The van der Waals surface area contributed by atoms with Crippen molar-refractivity contribution in [1.82, 2.24) is 9.47 Å². The second-order valence-electron chi connectivity index (χ2n) is 12.5. The van der Waals surface area contributed by atoms with Crippen LogP contribution < -0.4 is 0 Å². The number of para-hydroxylation sites is 1. The molecule has 4 bridgehead atoms. The van der Waals surface area contributed by atoms with E-state index < -0.39 is 13.9 Å². The minimum absolute atomic E-state index is 0.307. The molecule has 5 heteroatoms. The Morgan fingerprint density at radius 3 is 2.35 bits per heavy atom. The van der Waals surface area contributed by atoms with Crippen LogP contribution in [0.4, 0.5) is 0 Å². The fourth-order valence-electron chi connectivity index (χ4n) is 8.79. The third-order valence-electron chi connectivity index (χ3n) is 10.3. The number of hydrogen-bond donors (Lipinski definition) is 1. The summed E-state index contributed by atoms with van der Waals surface area (Å²) in [6.45, 7) is 18.1. The van der Waals surface area contributed by atoms with E-state index in [0.29, 0.717) is 40.5 Å². The van der Waals surface area contributed by atoms with E-state index in [4.69, 9.17) is 4.43 Å². The fraction of sp³-hybridized carbons (Fsp3) is 0.724. The molecule has 0 aliphatic carbocycles. The fourth-order valence-corrected chi connectivity index (χ4v) is 14.3. The highest BCUT2D eigenvalue weighted by atomic mass is 28.4. The van der Waals surface area contributed by atoms with E-state index in [1.54, 1.807) is 5.56 Å². The highest BCUT2D eigenvalue weighted by Gasteiger charge is 2.60. The van der Waals surface area contributed by atoms with Gasteiger partial charge in [0, 0.05) is 48.8 Å². The van der Waals surface area contributed by atoms with Gasteiger partial charge in [-0.1, -0.05) is 66.7 Å². The quantitative estimate of drug-likeness (QED) is 0.462. The molecule has 0 radical (unpaired) electrons. The second kappa shape index (κ2) is 8.47. The summed E-state index contributed by atoms with van der Waals surface area (Å²) in [7, 11) is 0.289. The maximum absolute atomic E-state index is 11.8. The van der Waals surface area contributed by atoms with Gasteiger partial charge in [0.2, 0.25) is 0 Å². The van der Waals surface area contributed by atoms with Crippen LogP contribution in [0.3, 0.4) is 0 Å². The normalized spacial score (nSPS) is 32.9. The predicted octanol–water partition coefficient (Wildman–Crippen LogP) is 6.43. The smallest absolute Gasteiger partial charge is 0.200 e. The topological polar surface area (TPSA) is 37.6 Å². The van der Waals surface area contributed by atoms with E-state index in [0.717, 1.165) is 32.4 Å². The van der Waals surface area contributed by atoms with Gasteiger partial charge in [-0.05, 0) is 53.4 Å². The lowest BCUT2D eigenvalue weighted by atomic mass is 9.59. The molecule has 0 saturated carbocycles. The van der Waals surface area contributed by atoms with Crippen molar-refractivity contribution in [1.29, 1.82) is 0 Å². The molecular weight excluding hydrogens is 436 g/mol. The van der Waals surface area contributed by atoms with Crippen molar-refractivity contribution in [2.24, 2.45) is 18.9 Å². The molecule has 6 atom stereocenters. The van der Waals surface area contributed by atoms with E-state index in [2.05, 4.69) is 89.2 Å². The molecule has 0 amide bonds. The van der Waals surface area contributed by atoms with Crippen LogP contribution in [0, 0.1) is 11.8 Å². The number of nitrogens with zero attached hydrogens (tertiary/aromatic N) is 2. The number of aromatic nitrogens is 1. The Morgan fingerprint density at radius 2 is 1.74 bits per heavy atom. The lowest BCUT2D eigenvalue weighted by Gasteiger charge is -2.63. The van der Waals surface area contributed by atoms with Crippen LogP contribution in [0.1, 0.15) is 78.6 Å². The SMILES string of the molecule is CC[C@]1(O)CN2[C@H]3C[C@@H]1[C@@H](CO[Si](C(C)C)(C(C)C)C(C)C)[C@@H]2Cc1c3n(C)c2ccccc12. The first-order valence-electron chi connectivity index (χ1n) is 13.7. The average Bonchev–Trinajstić information content (AvgIpc) is 3.06. The zero-order chi connectivity index (χ0) is 24.6. The molecule has 188 valence electrons. The molecule has 1 aromatic heterocycles. The monoisotopic (exact) mass is 482 g/mol. The summed E-state index contributed by atoms with van der Waals surface area (Å²) in [6, 6.07) is 9.80. The van der Waals surface area contributed by atoms with Crippen molar-refractivity contribution in [2.75, 3.05) is 13.2 Å². The molecule has 1 unspecified atom stereocenters. The summed E-state index contributed by atoms with van der Waals surface area (Å²) < 4.78 is 9.65. The number of hydrogen-bond acceptors (Lipinski definition) is 3. The Bertz CT molecular complexity index is 1040. The minimum atomic E-state index is -1.95. The van der Waals surface area contributed by atoms with E-state index in [1.807, 2.05) is 0 Å². The predicted molar refractivity (Wildman–Crippen MR) is 144 cm³/mol. The third kappa shape index (κ3) is 3.26. The van der Waals surface area contributed by atoms with Gasteiger partial charge in [0.15, 0.2) is 8.32 Å². The largest absolute Gasteiger partial charge is 0.416 e. The van der Waals surface area contributed by atoms with Gasteiger partial charge in [-0.3, -0.25) is 4.90 Å². The number of piperidine rings is 3. The number of aryl methyl sites for hydroxylation is 1.